The normalized spacial score (nSPS) is 10.1. The summed E-state index contributed by atoms with van der Waals surface area (Å²) < 4.78 is 0. The zero-order chi connectivity index (χ0) is 13.4. The molecule has 0 bridgehead atoms. The molecule has 0 atom stereocenters. The fraction of sp³-hybridized carbons (Fsp3) is 0.429. The number of rotatable bonds is 7. The van der Waals surface area contributed by atoms with Gasteiger partial charge in [0.15, 0.2) is 0 Å². The van der Waals surface area contributed by atoms with E-state index in [9.17, 15) is 9.59 Å². The van der Waals surface area contributed by atoms with Crippen molar-refractivity contribution in [1.82, 2.24) is 0 Å². The average molecular weight is 249 g/mol. The largest absolute Gasteiger partial charge is 0.481 e. The number of aliphatic carboxylic acids is 1. The van der Waals surface area contributed by atoms with Gasteiger partial charge in [0, 0.05) is 18.5 Å². The standard InChI is InChI=1S/C14H19NO3/c1-2-13(16)15-12-9-7-11(8-10-12)5-3-4-6-14(17)18/h7-10H,2-6H2,1H3,(H,15,16)(H,17,18). The smallest absolute Gasteiger partial charge is 0.303 e. The van der Waals surface area contributed by atoms with E-state index < -0.39 is 5.97 Å². The third kappa shape index (κ3) is 5.48. The second-order valence-electron chi connectivity index (χ2n) is 4.20. The summed E-state index contributed by atoms with van der Waals surface area (Å²) in [6.45, 7) is 1.81. The van der Waals surface area contributed by atoms with Gasteiger partial charge in [0.2, 0.25) is 5.91 Å². The molecule has 1 amide bonds. The Morgan fingerprint density at radius 3 is 2.39 bits per heavy atom. The van der Waals surface area contributed by atoms with E-state index in [0.717, 1.165) is 24.1 Å². The molecule has 0 saturated heterocycles. The predicted molar refractivity (Wildman–Crippen MR) is 70.6 cm³/mol. The summed E-state index contributed by atoms with van der Waals surface area (Å²) in [6, 6.07) is 7.68. The van der Waals surface area contributed by atoms with Gasteiger partial charge in [-0.1, -0.05) is 19.1 Å². The Labute approximate surface area is 107 Å². The Balaban J connectivity index is 2.36. The van der Waals surface area contributed by atoms with Crippen molar-refractivity contribution in [2.24, 2.45) is 0 Å². The van der Waals surface area contributed by atoms with Crippen molar-refractivity contribution in [1.29, 1.82) is 0 Å². The van der Waals surface area contributed by atoms with Crippen LogP contribution in [0.2, 0.25) is 0 Å². The van der Waals surface area contributed by atoms with Crippen molar-refractivity contribution in [3.63, 3.8) is 0 Å². The molecule has 2 N–H and O–H groups in total. The van der Waals surface area contributed by atoms with Crippen molar-refractivity contribution in [2.75, 3.05) is 5.32 Å². The molecule has 1 rings (SSSR count). The van der Waals surface area contributed by atoms with Crippen LogP contribution in [-0.4, -0.2) is 17.0 Å². The number of amides is 1. The molecule has 0 aliphatic carbocycles. The van der Waals surface area contributed by atoms with Crippen LogP contribution in [0.3, 0.4) is 0 Å². The molecule has 18 heavy (non-hydrogen) atoms. The first-order chi connectivity index (χ1) is 8.61. The Kier molecular flexibility index (Phi) is 5.91. The van der Waals surface area contributed by atoms with Crippen molar-refractivity contribution in [3.05, 3.63) is 29.8 Å². The molecule has 0 radical (unpaired) electrons. The Bertz CT molecular complexity index is 398. The highest BCUT2D eigenvalue weighted by molar-refractivity contribution is 5.90. The van der Waals surface area contributed by atoms with E-state index in [2.05, 4.69) is 5.32 Å². The van der Waals surface area contributed by atoms with E-state index >= 15 is 0 Å². The first kappa shape index (κ1) is 14.2. The SMILES string of the molecule is CCC(=O)Nc1ccc(CCCCC(=O)O)cc1. The molecule has 0 heterocycles. The molecule has 1 aromatic carbocycles. The lowest BCUT2D eigenvalue weighted by molar-refractivity contribution is -0.137. The molecule has 0 unspecified atom stereocenters. The molecular weight excluding hydrogens is 230 g/mol. The minimum Gasteiger partial charge on any atom is -0.481 e. The van der Waals surface area contributed by atoms with Crippen molar-refractivity contribution in [2.45, 2.75) is 39.0 Å². The second kappa shape index (κ2) is 7.48. The van der Waals surface area contributed by atoms with Gasteiger partial charge in [-0.2, -0.15) is 0 Å². The maximum Gasteiger partial charge on any atom is 0.303 e. The van der Waals surface area contributed by atoms with Gasteiger partial charge in [-0.25, -0.2) is 0 Å². The van der Waals surface area contributed by atoms with Crippen LogP contribution < -0.4 is 5.32 Å². The Hall–Kier alpha value is -1.84. The second-order valence-corrected chi connectivity index (χ2v) is 4.20. The molecule has 0 saturated carbocycles. The fourth-order valence-electron chi connectivity index (χ4n) is 1.61. The molecule has 4 nitrogen and oxygen atoms in total. The highest BCUT2D eigenvalue weighted by Gasteiger charge is 2.00. The molecule has 0 fully saturated rings. The van der Waals surface area contributed by atoms with E-state index in [0.29, 0.717) is 12.8 Å². The van der Waals surface area contributed by atoms with Crippen molar-refractivity contribution >= 4 is 17.6 Å². The number of anilines is 1. The maximum absolute atomic E-state index is 11.2. The molecule has 0 aliphatic rings. The number of unbranched alkanes of at least 4 members (excludes halogenated alkanes) is 1. The number of carbonyl (C=O) groups excluding carboxylic acids is 1. The van der Waals surface area contributed by atoms with Crippen LogP contribution in [0.15, 0.2) is 24.3 Å². The third-order valence-corrected chi connectivity index (χ3v) is 2.66. The number of aryl methyl sites for hydroxylation is 1. The first-order valence-corrected chi connectivity index (χ1v) is 6.22. The maximum atomic E-state index is 11.2. The molecule has 98 valence electrons. The minimum absolute atomic E-state index is 0.00390. The molecule has 0 spiro atoms. The Morgan fingerprint density at radius 2 is 1.83 bits per heavy atom. The zero-order valence-corrected chi connectivity index (χ0v) is 10.6. The third-order valence-electron chi connectivity index (χ3n) is 2.66. The van der Waals surface area contributed by atoms with Crippen LogP contribution in [-0.2, 0) is 16.0 Å². The van der Waals surface area contributed by atoms with E-state index in [-0.39, 0.29) is 12.3 Å². The summed E-state index contributed by atoms with van der Waals surface area (Å²) in [5.41, 5.74) is 1.96. The van der Waals surface area contributed by atoms with E-state index in [1.807, 2.05) is 31.2 Å². The monoisotopic (exact) mass is 249 g/mol. The van der Waals surface area contributed by atoms with Gasteiger partial charge >= 0.3 is 5.97 Å². The molecule has 0 aromatic heterocycles. The molecule has 1 aromatic rings. The van der Waals surface area contributed by atoms with Crippen LogP contribution in [0, 0.1) is 0 Å². The number of hydrogen-bond acceptors (Lipinski definition) is 2. The summed E-state index contributed by atoms with van der Waals surface area (Å²) >= 11 is 0. The zero-order valence-electron chi connectivity index (χ0n) is 10.6. The van der Waals surface area contributed by atoms with Gasteiger partial charge < -0.3 is 10.4 Å². The van der Waals surface area contributed by atoms with Crippen LogP contribution >= 0.6 is 0 Å². The van der Waals surface area contributed by atoms with Gasteiger partial charge in [0.1, 0.15) is 0 Å². The fourth-order valence-corrected chi connectivity index (χ4v) is 1.61. The van der Waals surface area contributed by atoms with Gasteiger partial charge in [-0.05, 0) is 37.0 Å². The van der Waals surface area contributed by atoms with Gasteiger partial charge in [0.05, 0.1) is 0 Å². The average Bonchev–Trinajstić information content (AvgIpc) is 2.36. The Morgan fingerprint density at radius 1 is 1.17 bits per heavy atom. The highest BCUT2D eigenvalue weighted by atomic mass is 16.4. The van der Waals surface area contributed by atoms with Crippen LogP contribution in [0.1, 0.15) is 38.2 Å². The van der Waals surface area contributed by atoms with Gasteiger partial charge in [-0.15, -0.1) is 0 Å². The lowest BCUT2D eigenvalue weighted by atomic mass is 10.1. The molecule has 4 heteroatoms. The number of hydrogen-bond donors (Lipinski definition) is 2. The lowest BCUT2D eigenvalue weighted by Crippen LogP contribution is -2.09. The first-order valence-electron chi connectivity index (χ1n) is 6.22. The van der Waals surface area contributed by atoms with Crippen molar-refractivity contribution < 1.29 is 14.7 Å². The summed E-state index contributed by atoms with van der Waals surface area (Å²) in [5.74, 6) is -0.739. The molecular formula is C14H19NO3. The van der Waals surface area contributed by atoms with E-state index in [1.54, 1.807) is 0 Å². The number of carboxylic acids is 1. The van der Waals surface area contributed by atoms with Crippen molar-refractivity contribution in [3.8, 4) is 0 Å². The lowest BCUT2D eigenvalue weighted by Gasteiger charge is -2.05. The number of nitrogens with one attached hydrogen (secondary N) is 1. The van der Waals surface area contributed by atoms with E-state index in [4.69, 9.17) is 5.11 Å². The highest BCUT2D eigenvalue weighted by Crippen LogP contribution is 2.12. The number of benzene rings is 1. The topological polar surface area (TPSA) is 66.4 Å². The summed E-state index contributed by atoms with van der Waals surface area (Å²) in [6.07, 6.45) is 3.13. The van der Waals surface area contributed by atoms with Crippen LogP contribution in [0.4, 0.5) is 5.69 Å². The van der Waals surface area contributed by atoms with E-state index in [1.165, 1.54) is 0 Å². The summed E-state index contributed by atoms with van der Waals surface area (Å²) in [5, 5.41) is 11.3. The summed E-state index contributed by atoms with van der Waals surface area (Å²) in [7, 11) is 0. The number of carbonyl (C=O) groups is 2. The van der Waals surface area contributed by atoms with Crippen LogP contribution in [0.25, 0.3) is 0 Å². The van der Waals surface area contributed by atoms with Gasteiger partial charge in [0.25, 0.3) is 0 Å². The molecule has 0 aliphatic heterocycles. The predicted octanol–water partition coefficient (Wildman–Crippen LogP) is 2.83. The minimum atomic E-state index is -0.743. The quantitative estimate of drug-likeness (QED) is 0.730. The van der Waals surface area contributed by atoms with Gasteiger partial charge in [-0.3, -0.25) is 9.59 Å². The summed E-state index contributed by atoms with van der Waals surface area (Å²) in [4.78, 5) is 21.5. The number of carboxylic acid groups (broad SMARTS) is 1. The van der Waals surface area contributed by atoms with Crippen LogP contribution in [0.5, 0.6) is 0 Å².